The van der Waals surface area contributed by atoms with Crippen molar-refractivity contribution in [1.82, 2.24) is 29.5 Å². The summed E-state index contributed by atoms with van der Waals surface area (Å²) in [7, 11) is 1.52. The Morgan fingerprint density at radius 3 is 2.72 bits per heavy atom. The summed E-state index contributed by atoms with van der Waals surface area (Å²) in [5.74, 6) is 0.719. The molecule has 0 bridgehead atoms. The van der Waals surface area contributed by atoms with Gasteiger partial charge in [0.2, 0.25) is 11.8 Å². The lowest BCUT2D eigenvalue weighted by Gasteiger charge is -2.29. The monoisotopic (exact) mass is 447 g/mol. The van der Waals surface area contributed by atoms with Crippen molar-refractivity contribution in [2.45, 2.75) is 44.2 Å². The van der Waals surface area contributed by atoms with Crippen molar-refractivity contribution in [3.05, 3.63) is 30.7 Å². The number of anilines is 1. The molecular weight excluding hydrogens is 427 g/mol. The van der Waals surface area contributed by atoms with Gasteiger partial charge >= 0.3 is 6.36 Å². The highest BCUT2D eigenvalue weighted by Gasteiger charge is 2.35. The SMILES string of the molecule is COc1nc(N[C@H]2CC[C@@H](OC(F)(F)F)CC2)nc2[nH]cc(-c3ccc4nccn4n3)c12. The maximum atomic E-state index is 12.4. The second-order valence-corrected chi connectivity index (χ2v) is 7.61. The maximum absolute atomic E-state index is 12.4. The van der Waals surface area contributed by atoms with Gasteiger partial charge in [0, 0.05) is 30.2 Å². The molecular formula is C20H20F3N7O2. The van der Waals surface area contributed by atoms with E-state index in [1.165, 1.54) is 7.11 Å². The summed E-state index contributed by atoms with van der Waals surface area (Å²) in [6.07, 6.45) is 1.48. The van der Waals surface area contributed by atoms with E-state index in [0.717, 1.165) is 11.2 Å². The van der Waals surface area contributed by atoms with E-state index >= 15 is 0 Å². The second-order valence-electron chi connectivity index (χ2n) is 7.61. The number of fused-ring (bicyclic) bond motifs is 2. The van der Waals surface area contributed by atoms with Crippen LogP contribution in [0, 0.1) is 0 Å². The van der Waals surface area contributed by atoms with Crippen LogP contribution in [-0.4, -0.2) is 55.2 Å². The zero-order valence-electron chi connectivity index (χ0n) is 17.1. The zero-order chi connectivity index (χ0) is 22.3. The van der Waals surface area contributed by atoms with E-state index in [0.29, 0.717) is 54.2 Å². The number of halogens is 3. The number of H-pyrrole nitrogens is 1. The van der Waals surface area contributed by atoms with Crippen LogP contribution in [0.4, 0.5) is 19.1 Å². The van der Waals surface area contributed by atoms with Crippen molar-refractivity contribution < 1.29 is 22.6 Å². The summed E-state index contributed by atoms with van der Waals surface area (Å²) in [5, 5.41) is 8.47. The minimum atomic E-state index is -4.60. The molecule has 4 aromatic rings. The fourth-order valence-electron chi connectivity index (χ4n) is 4.07. The van der Waals surface area contributed by atoms with Crippen LogP contribution in [-0.2, 0) is 4.74 Å². The number of methoxy groups -OCH3 is 1. The molecule has 0 atom stereocenters. The predicted octanol–water partition coefficient (Wildman–Crippen LogP) is 3.94. The predicted molar refractivity (Wildman–Crippen MR) is 109 cm³/mol. The van der Waals surface area contributed by atoms with Crippen molar-refractivity contribution in [3.63, 3.8) is 0 Å². The minimum absolute atomic E-state index is 0.0509. The van der Waals surface area contributed by atoms with Crippen LogP contribution < -0.4 is 10.1 Å². The molecule has 4 aromatic heterocycles. The van der Waals surface area contributed by atoms with E-state index in [-0.39, 0.29) is 6.04 Å². The molecule has 1 fully saturated rings. The normalized spacial score (nSPS) is 19.5. The number of ether oxygens (including phenoxy) is 2. The van der Waals surface area contributed by atoms with Crippen LogP contribution >= 0.6 is 0 Å². The van der Waals surface area contributed by atoms with E-state index < -0.39 is 12.5 Å². The summed E-state index contributed by atoms with van der Waals surface area (Å²) in [4.78, 5) is 16.3. The number of alkyl halides is 3. The summed E-state index contributed by atoms with van der Waals surface area (Å²) >= 11 is 0. The van der Waals surface area contributed by atoms with Gasteiger partial charge in [-0.25, -0.2) is 9.50 Å². The third-order valence-corrected chi connectivity index (χ3v) is 5.53. The molecule has 168 valence electrons. The molecule has 0 spiro atoms. The van der Waals surface area contributed by atoms with Gasteiger partial charge in [-0.2, -0.15) is 15.1 Å². The highest BCUT2D eigenvalue weighted by Crippen LogP contribution is 2.34. The third kappa shape index (κ3) is 4.05. The molecule has 0 aliphatic heterocycles. The van der Waals surface area contributed by atoms with Crippen molar-refractivity contribution in [1.29, 1.82) is 0 Å². The van der Waals surface area contributed by atoms with Gasteiger partial charge in [-0.3, -0.25) is 4.74 Å². The molecule has 1 saturated carbocycles. The van der Waals surface area contributed by atoms with Crippen molar-refractivity contribution >= 4 is 22.6 Å². The molecule has 0 aromatic carbocycles. The number of nitrogens with one attached hydrogen (secondary N) is 2. The third-order valence-electron chi connectivity index (χ3n) is 5.53. The first kappa shape index (κ1) is 20.5. The van der Waals surface area contributed by atoms with Crippen molar-refractivity contribution in [2.24, 2.45) is 0 Å². The number of hydrogen-bond donors (Lipinski definition) is 2. The van der Waals surface area contributed by atoms with Crippen LogP contribution in [0.5, 0.6) is 5.88 Å². The number of imidazole rings is 1. The quantitative estimate of drug-likeness (QED) is 0.478. The summed E-state index contributed by atoms with van der Waals surface area (Å²) in [6.45, 7) is 0. The molecule has 0 amide bonds. The highest BCUT2D eigenvalue weighted by molar-refractivity contribution is 5.96. The van der Waals surface area contributed by atoms with E-state index in [1.54, 1.807) is 23.1 Å². The van der Waals surface area contributed by atoms with Crippen LogP contribution in [0.3, 0.4) is 0 Å². The number of nitrogens with zero attached hydrogens (tertiary/aromatic N) is 5. The number of aromatic amines is 1. The molecule has 9 nitrogen and oxygen atoms in total. The van der Waals surface area contributed by atoms with Gasteiger partial charge in [-0.05, 0) is 37.8 Å². The highest BCUT2D eigenvalue weighted by atomic mass is 19.4. The molecule has 32 heavy (non-hydrogen) atoms. The van der Waals surface area contributed by atoms with Gasteiger partial charge in [0.25, 0.3) is 0 Å². The van der Waals surface area contributed by atoms with Gasteiger partial charge in [0.15, 0.2) is 5.65 Å². The second kappa shape index (κ2) is 7.93. The van der Waals surface area contributed by atoms with Crippen LogP contribution in [0.1, 0.15) is 25.7 Å². The zero-order valence-corrected chi connectivity index (χ0v) is 17.1. The van der Waals surface area contributed by atoms with Crippen LogP contribution in [0.2, 0.25) is 0 Å². The van der Waals surface area contributed by atoms with Crippen LogP contribution in [0.25, 0.3) is 27.9 Å². The largest absolute Gasteiger partial charge is 0.522 e. The summed E-state index contributed by atoms with van der Waals surface area (Å²) < 4.78 is 48.6. The lowest BCUT2D eigenvalue weighted by molar-refractivity contribution is -0.345. The fourth-order valence-corrected chi connectivity index (χ4v) is 4.07. The average Bonchev–Trinajstić information content (AvgIpc) is 3.40. The van der Waals surface area contributed by atoms with Gasteiger partial charge < -0.3 is 15.0 Å². The van der Waals surface area contributed by atoms with Gasteiger partial charge in [0.05, 0.1) is 24.3 Å². The number of aromatic nitrogens is 6. The Morgan fingerprint density at radius 1 is 1.16 bits per heavy atom. The number of hydrogen-bond acceptors (Lipinski definition) is 7. The van der Waals surface area contributed by atoms with E-state index in [1.807, 2.05) is 12.1 Å². The average molecular weight is 447 g/mol. The Kier molecular flexibility index (Phi) is 5.08. The van der Waals surface area contributed by atoms with E-state index in [2.05, 4.69) is 35.1 Å². The molecule has 12 heteroatoms. The summed E-state index contributed by atoms with van der Waals surface area (Å²) in [6, 6.07) is 3.67. The minimum Gasteiger partial charge on any atom is -0.480 e. The number of rotatable bonds is 5. The Balaban J connectivity index is 1.37. The van der Waals surface area contributed by atoms with Crippen LogP contribution in [0.15, 0.2) is 30.7 Å². The molecule has 5 rings (SSSR count). The van der Waals surface area contributed by atoms with Crippen molar-refractivity contribution in [2.75, 3.05) is 12.4 Å². The molecule has 2 N–H and O–H groups in total. The molecule has 4 heterocycles. The van der Waals surface area contributed by atoms with Gasteiger partial charge in [-0.1, -0.05) is 0 Å². The summed E-state index contributed by atoms with van der Waals surface area (Å²) in [5.41, 5.74) is 2.78. The lowest BCUT2D eigenvalue weighted by Crippen LogP contribution is -2.33. The molecule has 0 radical (unpaired) electrons. The lowest BCUT2D eigenvalue weighted by atomic mass is 9.93. The maximum Gasteiger partial charge on any atom is 0.522 e. The Morgan fingerprint density at radius 2 is 1.97 bits per heavy atom. The smallest absolute Gasteiger partial charge is 0.480 e. The first-order valence-electron chi connectivity index (χ1n) is 10.1. The molecule has 0 saturated heterocycles. The van der Waals surface area contributed by atoms with E-state index in [4.69, 9.17) is 4.74 Å². The Bertz CT molecular complexity index is 1250. The van der Waals surface area contributed by atoms with Gasteiger partial charge in [-0.15, -0.1) is 13.2 Å². The molecule has 0 unspecified atom stereocenters. The topological polar surface area (TPSA) is 102 Å². The standard InChI is InChI=1S/C20H20F3N7O2/c1-31-18-16-13(14-6-7-15-24-8-9-30(15)29-14)10-25-17(16)27-19(28-18)26-11-2-4-12(5-3-11)32-20(21,22)23/h6-12H,2-5H2,1H3,(H2,25,26,27,28)/t11-,12+. The Labute approximate surface area is 180 Å². The molecule has 1 aliphatic rings. The fraction of sp³-hybridized carbons (Fsp3) is 0.400. The Hall–Kier alpha value is -3.41. The molecule has 1 aliphatic carbocycles. The van der Waals surface area contributed by atoms with E-state index in [9.17, 15) is 13.2 Å². The van der Waals surface area contributed by atoms with Crippen molar-refractivity contribution in [3.8, 4) is 17.1 Å². The first-order valence-corrected chi connectivity index (χ1v) is 10.1. The first-order chi connectivity index (χ1) is 15.4. The van der Waals surface area contributed by atoms with Gasteiger partial charge in [0.1, 0.15) is 5.65 Å².